The Bertz CT molecular complexity index is 470. The Hall–Kier alpha value is -1.59. The van der Waals surface area contributed by atoms with E-state index in [1.54, 1.807) is 0 Å². The van der Waals surface area contributed by atoms with E-state index >= 15 is 0 Å². The Kier molecular flexibility index (Phi) is 5.65. The number of hydrogen-bond acceptors (Lipinski definition) is 3. The smallest absolute Gasteiger partial charge is 0.325 e. The van der Waals surface area contributed by atoms with Crippen molar-refractivity contribution in [1.29, 1.82) is 0 Å². The molecule has 1 atom stereocenters. The quantitative estimate of drug-likeness (QED) is 0.788. The first-order valence-corrected chi connectivity index (χ1v) is 8.76. The van der Waals surface area contributed by atoms with Crippen LogP contribution in [0.15, 0.2) is 0 Å². The summed E-state index contributed by atoms with van der Waals surface area (Å²) >= 11 is 0. The molecule has 0 radical (unpaired) electrons. The van der Waals surface area contributed by atoms with Crippen molar-refractivity contribution in [3.8, 4) is 0 Å². The fourth-order valence-electron chi connectivity index (χ4n) is 3.63. The predicted octanol–water partition coefficient (Wildman–Crippen LogP) is 2.13. The van der Waals surface area contributed by atoms with E-state index in [-0.39, 0.29) is 36.4 Å². The van der Waals surface area contributed by atoms with E-state index < -0.39 is 12.1 Å². The number of nitrogens with one attached hydrogen (secondary N) is 1. The van der Waals surface area contributed by atoms with Crippen LogP contribution in [0, 0.1) is 5.92 Å². The van der Waals surface area contributed by atoms with E-state index in [2.05, 4.69) is 5.32 Å². The lowest BCUT2D eigenvalue weighted by atomic mass is 9.93. The first-order chi connectivity index (χ1) is 10.8. The third-order valence-corrected chi connectivity index (χ3v) is 4.83. The van der Waals surface area contributed by atoms with Crippen LogP contribution in [0.25, 0.3) is 0 Å². The summed E-state index contributed by atoms with van der Waals surface area (Å²) in [6.07, 6.45) is 5.52. The highest BCUT2D eigenvalue weighted by molar-refractivity contribution is 6.06. The highest BCUT2D eigenvalue weighted by Gasteiger charge is 2.41. The van der Waals surface area contributed by atoms with Crippen LogP contribution in [0.5, 0.6) is 0 Å². The van der Waals surface area contributed by atoms with Crippen molar-refractivity contribution in [3.63, 3.8) is 0 Å². The van der Waals surface area contributed by atoms with Gasteiger partial charge < -0.3 is 10.2 Å². The normalized spacial score (nSPS) is 22.9. The van der Waals surface area contributed by atoms with Gasteiger partial charge in [0.1, 0.15) is 12.6 Å². The van der Waals surface area contributed by atoms with Gasteiger partial charge in [-0.05, 0) is 32.6 Å². The molecule has 0 spiro atoms. The third kappa shape index (κ3) is 3.85. The van der Waals surface area contributed by atoms with Crippen LogP contribution in [0.3, 0.4) is 0 Å². The Morgan fingerprint density at radius 1 is 1.17 bits per heavy atom. The van der Waals surface area contributed by atoms with E-state index in [1.807, 2.05) is 32.6 Å². The molecule has 0 aromatic carbocycles. The van der Waals surface area contributed by atoms with Crippen LogP contribution in [0.1, 0.15) is 59.8 Å². The first-order valence-electron chi connectivity index (χ1n) is 8.76. The largest absolute Gasteiger partial charge is 0.336 e. The monoisotopic (exact) mass is 323 g/mol. The van der Waals surface area contributed by atoms with Crippen LogP contribution in [0.4, 0.5) is 4.79 Å². The van der Waals surface area contributed by atoms with Crippen LogP contribution in [-0.4, -0.2) is 52.3 Å². The average molecular weight is 323 g/mol. The van der Waals surface area contributed by atoms with E-state index in [4.69, 9.17) is 0 Å². The molecule has 130 valence electrons. The van der Waals surface area contributed by atoms with Crippen molar-refractivity contribution in [3.05, 3.63) is 0 Å². The standard InChI is InChI=1S/C17H29N3O3/c1-11(2)15-16(22)19(17(23)18-15)10-14(21)20(12(3)4)13-8-6-5-7-9-13/h11-13,15H,5-10H2,1-4H3,(H,18,23). The number of carbonyl (C=O) groups excluding carboxylic acids is 3. The molecule has 23 heavy (non-hydrogen) atoms. The second kappa shape index (κ2) is 7.32. The van der Waals surface area contributed by atoms with Crippen molar-refractivity contribution >= 4 is 17.8 Å². The molecule has 0 aromatic rings. The summed E-state index contributed by atoms with van der Waals surface area (Å²) in [7, 11) is 0. The van der Waals surface area contributed by atoms with Crippen molar-refractivity contribution in [2.45, 2.75) is 77.9 Å². The van der Waals surface area contributed by atoms with E-state index in [0.717, 1.165) is 30.6 Å². The number of hydrogen-bond donors (Lipinski definition) is 1. The molecule has 1 heterocycles. The zero-order chi connectivity index (χ0) is 17.1. The Labute approximate surface area is 138 Å². The molecule has 1 unspecified atom stereocenters. The van der Waals surface area contributed by atoms with E-state index in [9.17, 15) is 14.4 Å². The van der Waals surface area contributed by atoms with E-state index in [0.29, 0.717) is 0 Å². The molecule has 1 N–H and O–H groups in total. The number of amides is 4. The van der Waals surface area contributed by atoms with Crippen LogP contribution < -0.4 is 5.32 Å². The average Bonchev–Trinajstić information content (AvgIpc) is 2.76. The van der Waals surface area contributed by atoms with Gasteiger partial charge in [-0.15, -0.1) is 0 Å². The summed E-state index contributed by atoms with van der Waals surface area (Å²) in [5.41, 5.74) is 0. The van der Waals surface area contributed by atoms with Gasteiger partial charge in [0.15, 0.2) is 0 Å². The molecule has 1 aliphatic carbocycles. The minimum Gasteiger partial charge on any atom is -0.336 e. The molecule has 2 rings (SSSR count). The second-order valence-electron chi connectivity index (χ2n) is 7.28. The summed E-state index contributed by atoms with van der Waals surface area (Å²) < 4.78 is 0. The summed E-state index contributed by atoms with van der Waals surface area (Å²) in [6.45, 7) is 7.61. The molecular formula is C17H29N3O3. The molecule has 0 bridgehead atoms. The lowest BCUT2D eigenvalue weighted by Gasteiger charge is -2.38. The van der Waals surface area contributed by atoms with Crippen molar-refractivity contribution in [2.75, 3.05) is 6.54 Å². The summed E-state index contributed by atoms with van der Waals surface area (Å²) in [5, 5.41) is 2.67. The van der Waals surface area contributed by atoms with Gasteiger partial charge in [-0.2, -0.15) is 0 Å². The maximum Gasteiger partial charge on any atom is 0.325 e. The Morgan fingerprint density at radius 2 is 1.78 bits per heavy atom. The van der Waals surface area contributed by atoms with Gasteiger partial charge in [0.2, 0.25) is 5.91 Å². The molecule has 2 aliphatic rings. The number of carbonyl (C=O) groups is 3. The Balaban J connectivity index is 2.06. The zero-order valence-electron chi connectivity index (χ0n) is 14.7. The SMILES string of the molecule is CC(C)C1NC(=O)N(CC(=O)N(C(C)C)C2CCCCC2)C1=O. The van der Waals surface area contributed by atoms with Gasteiger partial charge in [0.25, 0.3) is 5.91 Å². The van der Waals surface area contributed by atoms with Gasteiger partial charge in [0.05, 0.1) is 0 Å². The topological polar surface area (TPSA) is 69.7 Å². The van der Waals surface area contributed by atoms with Crippen molar-refractivity contribution in [1.82, 2.24) is 15.1 Å². The maximum atomic E-state index is 12.8. The fraction of sp³-hybridized carbons (Fsp3) is 0.824. The number of nitrogens with zero attached hydrogens (tertiary/aromatic N) is 2. The van der Waals surface area contributed by atoms with Crippen LogP contribution in [-0.2, 0) is 9.59 Å². The van der Waals surface area contributed by atoms with Crippen LogP contribution >= 0.6 is 0 Å². The Morgan fingerprint density at radius 3 is 2.26 bits per heavy atom. The highest BCUT2D eigenvalue weighted by atomic mass is 16.2. The highest BCUT2D eigenvalue weighted by Crippen LogP contribution is 2.25. The predicted molar refractivity (Wildman–Crippen MR) is 87.7 cm³/mol. The number of imide groups is 1. The van der Waals surface area contributed by atoms with Crippen molar-refractivity contribution in [2.24, 2.45) is 5.92 Å². The summed E-state index contributed by atoms with van der Waals surface area (Å²) in [5.74, 6) is -0.392. The van der Waals surface area contributed by atoms with Gasteiger partial charge in [-0.1, -0.05) is 33.1 Å². The van der Waals surface area contributed by atoms with Gasteiger partial charge in [-0.25, -0.2) is 4.79 Å². The van der Waals surface area contributed by atoms with E-state index in [1.165, 1.54) is 6.42 Å². The number of rotatable bonds is 5. The minimum absolute atomic E-state index is 0.0195. The van der Waals surface area contributed by atoms with Gasteiger partial charge in [-0.3, -0.25) is 14.5 Å². The first kappa shape index (κ1) is 17.8. The molecule has 6 heteroatoms. The molecule has 4 amide bonds. The third-order valence-electron chi connectivity index (χ3n) is 4.83. The molecule has 1 aliphatic heterocycles. The number of urea groups is 1. The van der Waals surface area contributed by atoms with Gasteiger partial charge in [0, 0.05) is 12.1 Å². The molecule has 0 aromatic heterocycles. The summed E-state index contributed by atoms with van der Waals surface area (Å²) in [4.78, 5) is 40.1. The minimum atomic E-state index is -0.516. The maximum absolute atomic E-state index is 12.8. The molecule has 1 saturated carbocycles. The lowest BCUT2D eigenvalue weighted by Crippen LogP contribution is -2.50. The summed E-state index contributed by atoms with van der Waals surface area (Å²) in [6, 6.07) is -0.656. The van der Waals surface area contributed by atoms with Crippen molar-refractivity contribution < 1.29 is 14.4 Å². The van der Waals surface area contributed by atoms with Gasteiger partial charge >= 0.3 is 6.03 Å². The van der Waals surface area contributed by atoms with Crippen LogP contribution in [0.2, 0.25) is 0 Å². The molecule has 1 saturated heterocycles. The fourth-order valence-corrected chi connectivity index (χ4v) is 3.63. The molecule has 6 nitrogen and oxygen atoms in total. The zero-order valence-corrected chi connectivity index (χ0v) is 14.7. The second-order valence-corrected chi connectivity index (χ2v) is 7.28. The molecule has 2 fully saturated rings. The molecular weight excluding hydrogens is 294 g/mol. The lowest BCUT2D eigenvalue weighted by molar-refractivity contribution is -0.141.